The molecule has 0 spiro atoms. The molecule has 1 unspecified atom stereocenters. The maximum Gasteiger partial charge on any atom is 0.0716 e. The van der Waals surface area contributed by atoms with E-state index in [-0.39, 0.29) is 0 Å². The summed E-state index contributed by atoms with van der Waals surface area (Å²) in [7, 11) is 0. The van der Waals surface area contributed by atoms with E-state index < -0.39 is 0 Å². The molecule has 98 valence electrons. The molecule has 1 atom stereocenters. The Kier molecular flexibility index (Phi) is 5.47. The standard InChI is InChI=1S/C17H24O/c1-2-15-10-11-16(13-15)9-6-12-18-14-17-7-4-3-5-8-17/h3-5,7-8,13,15H,2,6,9-12,14H2,1H3. The summed E-state index contributed by atoms with van der Waals surface area (Å²) in [4.78, 5) is 0. The zero-order chi connectivity index (χ0) is 12.6. The maximum absolute atomic E-state index is 5.71. The zero-order valence-electron chi connectivity index (χ0n) is 11.4. The van der Waals surface area contributed by atoms with Crippen molar-refractivity contribution in [1.29, 1.82) is 0 Å². The quantitative estimate of drug-likeness (QED) is 0.497. The van der Waals surface area contributed by atoms with Gasteiger partial charge in [0, 0.05) is 6.61 Å². The largest absolute Gasteiger partial charge is 0.377 e. The molecular formula is C17H24O. The normalized spacial score (nSPS) is 18.9. The molecule has 0 aromatic heterocycles. The van der Waals surface area contributed by atoms with Gasteiger partial charge in [0.2, 0.25) is 0 Å². The molecule has 18 heavy (non-hydrogen) atoms. The lowest BCUT2D eigenvalue weighted by Gasteiger charge is -2.05. The van der Waals surface area contributed by atoms with Crippen LogP contribution in [0.5, 0.6) is 0 Å². The summed E-state index contributed by atoms with van der Waals surface area (Å²) in [5, 5.41) is 0. The first-order chi connectivity index (χ1) is 8.88. The van der Waals surface area contributed by atoms with Crippen molar-refractivity contribution in [3.05, 3.63) is 47.5 Å². The summed E-state index contributed by atoms with van der Waals surface area (Å²) in [6.07, 6.45) is 8.87. The molecule has 1 nitrogen and oxygen atoms in total. The van der Waals surface area contributed by atoms with E-state index >= 15 is 0 Å². The molecule has 2 rings (SSSR count). The van der Waals surface area contributed by atoms with Crippen molar-refractivity contribution in [1.82, 2.24) is 0 Å². The first-order valence-electron chi connectivity index (χ1n) is 7.19. The SMILES string of the molecule is CCC1C=C(CCCOCc2ccccc2)CC1. The topological polar surface area (TPSA) is 9.23 Å². The second kappa shape index (κ2) is 7.38. The summed E-state index contributed by atoms with van der Waals surface area (Å²) in [5.41, 5.74) is 2.92. The first kappa shape index (κ1) is 13.4. The minimum absolute atomic E-state index is 0.747. The van der Waals surface area contributed by atoms with Gasteiger partial charge in [-0.1, -0.05) is 48.9 Å². The minimum Gasteiger partial charge on any atom is -0.377 e. The number of allylic oxidation sites excluding steroid dienone is 2. The third-order valence-electron chi connectivity index (χ3n) is 3.73. The third-order valence-corrected chi connectivity index (χ3v) is 3.73. The van der Waals surface area contributed by atoms with E-state index in [0.717, 1.165) is 25.6 Å². The molecule has 1 aliphatic carbocycles. The maximum atomic E-state index is 5.71. The second-order valence-corrected chi connectivity index (χ2v) is 5.17. The van der Waals surface area contributed by atoms with E-state index in [4.69, 9.17) is 4.74 Å². The summed E-state index contributed by atoms with van der Waals surface area (Å²) >= 11 is 0. The van der Waals surface area contributed by atoms with Crippen LogP contribution in [-0.4, -0.2) is 6.61 Å². The van der Waals surface area contributed by atoms with Crippen molar-refractivity contribution in [2.45, 2.75) is 45.6 Å². The number of hydrogen-bond donors (Lipinski definition) is 0. The fourth-order valence-corrected chi connectivity index (χ4v) is 2.57. The highest BCUT2D eigenvalue weighted by Gasteiger charge is 2.13. The molecule has 1 aromatic rings. The van der Waals surface area contributed by atoms with Crippen molar-refractivity contribution in [3.63, 3.8) is 0 Å². The van der Waals surface area contributed by atoms with Crippen LogP contribution in [0, 0.1) is 5.92 Å². The number of ether oxygens (including phenoxy) is 1. The van der Waals surface area contributed by atoms with Crippen LogP contribution in [0.25, 0.3) is 0 Å². The van der Waals surface area contributed by atoms with Gasteiger partial charge in [-0.2, -0.15) is 0 Å². The zero-order valence-corrected chi connectivity index (χ0v) is 11.4. The fourth-order valence-electron chi connectivity index (χ4n) is 2.57. The lowest BCUT2D eigenvalue weighted by Crippen LogP contribution is -1.95. The van der Waals surface area contributed by atoms with Gasteiger partial charge in [-0.05, 0) is 43.6 Å². The molecular weight excluding hydrogens is 220 g/mol. The van der Waals surface area contributed by atoms with Gasteiger partial charge in [-0.3, -0.25) is 0 Å². The Labute approximate surface area is 111 Å². The molecule has 1 heteroatoms. The predicted molar refractivity (Wildman–Crippen MR) is 76.4 cm³/mol. The molecule has 1 aliphatic rings. The molecule has 0 fully saturated rings. The summed E-state index contributed by atoms with van der Waals surface area (Å²) in [6, 6.07) is 10.4. The van der Waals surface area contributed by atoms with Gasteiger partial charge in [-0.15, -0.1) is 0 Å². The van der Waals surface area contributed by atoms with Crippen LogP contribution in [0.15, 0.2) is 42.0 Å². The van der Waals surface area contributed by atoms with Crippen LogP contribution in [0.1, 0.15) is 44.6 Å². The fraction of sp³-hybridized carbons (Fsp3) is 0.529. The monoisotopic (exact) mass is 244 g/mol. The van der Waals surface area contributed by atoms with Crippen molar-refractivity contribution in [3.8, 4) is 0 Å². The predicted octanol–water partition coefficient (Wildman–Crippen LogP) is 4.73. The highest BCUT2D eigenvalue weighted by molar-refractivity contribution is 5.13. The molecule has 0 bridgehead atoms. The van der Waals surface area contributed by atoms with Crippen LogP contribution in [0.3, 0.4) is 0 Å². The number of benzene rings is 1. The molecule has 0 heterocycles. The van der Waals surface area contributed by atoms with Crippen molar-refractivity contribution < 1.29 is 4.74 Å². The highest BCUT2D eigenvalue weighted by atomic mass is 16.5. The number of hydrogen-bond acceptors (Lipinski definition) is 1. The molecule has 0 N–H and O–H groups in total. The van der Waals surface area contributed by atoms with Gasteiger partial charge < -0.3 is 4.74 Å². The Morgan fingerprint density at radius 1 is 1.22 bits per heavy atom. The van der Waals surface area contributed by atoms with Crippen LogP contribution in [0.2, 0.25) is 0 Å². The van der Waals surface area contributed by atoms with Gasteiger partial charge in [0.05, 0.1) is 6.61 Å². The van der Waals surface area contributed by atoms with E-state index in [1.165, 1.54) is 31.2 Å². The van der Waals surface area contributed by atoms with E-state index in [0.29, 0.717) is 0 Å². The molecule has 0 aliphatic heterocycles. The van der Waals surface area contributed by atoms with Crippen LogP contribution in [0.4, 0.5) is 0 Å². The van der Waals surface area contributed by atoms with Gasteiger partial charge in [0.1, 0.15) is 0 Å². The summed E-state index contributed by atoms with van der Waals surface area (Å²) in [5.74, 6) is 0.852. The Bertz CT molecular complexity index is 366. The van der Waals surface area contributed by atoms with E-state index in [9.17, 15) is 0 Å². The van der Waals surface area contributed by atoms with Crippen LogP contribution < -0.4 is 0 Å². The molecule has 0 radical (unpaired) electrons. The highest BCUT2D eigenvalue weighted by Crippen LogP contribution is 2.28. The van der Waals surface area contributed by atoms with Crippen molar-refractivity contribution in [2.75, 3.05) is 6.61 Å². The third kappa shape index (κ3) is 4.30. The van der Waals surface area contributed by atoms with Crippen LogP contribution in [-0.2, 0) is 11.3 Å². The number of rotatable bonds is 7. The van der Waals surface area contributed by atoms with Crippen molar-refractivity contribution in [2.24, 2.45) is 5.92 Å². The average molecular weight is 244 g/mol. The lowest BCUT2D eigenvalue weighted by molar-refractivity contribution is 0.118. The van der Waals surface area contributed by atoms with E-state index in [1.807, 2.05) is 6.07 Å². The summed E-state index contributed by atoms with van der Waals surface area (Å²) < 4.78 is 5.71. The molecule has 0 amide bonds. The Morgan fingerprint density at radius 3 is 2.78 bits per heavy atom. The van der Waals surface area contributed by atoms with Gasteiger partial charge in [-0.25, -0.2) is 0 Å². The van der Waals surface area contributed by atoms with Gasteiger partial charge >= 0.3 is 0 Å². The van der Waals surface area contributed by atoms with Crippen LogP contribution >= 0.6 is 0 Å². The molecule has 0 saturated heterocycles. The Balaban J connectivity index is 1.57. The summed E-state index contributed by atoms with van der Waals surface area (Å²) in [6.45, 7) is 3.91. The molecule has 0 saturated carbocycles. The van der Waals surface area contributed by atoms with Crippen molar-refractivity contribution >= 4 is 0 Å². The smallest absolute Gasteiger partial charge is 0.0716 e. The average Bonchev–Trinajstić information content (AvgIpc) is 2.87. The van der Waals surface area contributed by atoms with Gasteiger partial charge in [0.25, 0.3) is 0 Å². The lowest BCUT2D eigenvalue weighted by atomic mass is 10.1. The Hall–Kier alpha value is -1.08. The first-order valence-corrected chi connectivity index (χ1v) is 7.19. The minimum atomic E-state index is 0.747. The Morgan fingerprint density at radius 2 is 2.06 bits per heavy atom. The molecule has 1 aromatic carbocycles. The van der Waals surface area contributed by atoms with Gasteiger partial charge in [0.15, 0.2) is 0 Å². The van der Waals surface area contributed by atoms with E-state index in [2.05, 4.69) is 37.3 Å². The second-order valence-electron chi connectivity index (χ2n) is 5.17. The van der Waals surface area contributed by atoms with E-state index in [1.54, 1.807) is 5.57 Å².